The Morgan fingerprint density at radius 3 is 2.86 bits per heavy atom. The van der Waals surface area contributed by atoms with Crippen LogP contribution in [0.4, 0.5) is 0 Å². The van der Waals surface area contributed by atoms with Gasteiger partial charge in [-0.2, -0.15) is 5.10 Å². The Hall–Kier alpha value is -1.03. The average Bonchev–Trinajstić information content (AvgIpc) is 2.45. The van der Waals surface area contributed by atoms with Crippen molar-refractivity contribution < 1.29 is 4.79 Å². The summed E-state index contributed by atoms with van der Waals surface area (Å²) in [6, 6.07) is -0.0243. The topological polar surface area (TPSA) is 46.9 Å². The number of amides is 1. The highest BCUT2D eigenvalue weighted by Gasteiger charge is 2.13. The van der Waals surface area contributed by atoms with Crippen LogP contribution in [0.25, 0.3) is 0 Å². The van der Waals surface area contributed by atoms with Gasteiger partial charge in [-0.25, -0.2) is 0 Å². The van der Waals surface area contributed by atoms with Gasteiger partial charge < -0.3 is 5.32 Å². The van der Waals surface area contributed by atoms with Crippen molar-refractivity contribution >= 4 is 17.5 Å². The molecule has 5 heteroatoms. The molecule has 0 radical (unpaired) electrons. The highest BCUT2D eigenvalue weighted by molar-refractivity contribution is 6.18. The molecule has 0 aliphatic carbocycles. The first-order valence-corrected chi connectivity index (χ1v) is 4.95. The van der Waals surface area contributed by atoms with Gasteiger partial charge in [0.25, 0.3) is 5.91 Å². The van der Waals surface area contributed by atoms with E-state index in [2.05, 4.69) is 10.4 Å². The highest BCUT2D eigenvalue weighted by Crippen LogP contribution is 2.04. The molecular weight excluding hydrogens is 202 g/mol. The van der Waals surface area contributed by atoms with Crippen LogP contribution in [0.5, 0.6) is 0 Å². The summed E-state index contributed by atoms with van der Waals surface area (Å²) in [4.78, 5) is 11.6. The van der Waals surface area contributed by atoms with Crippen LogP contribution in [0, 0.1) is 6.92 Å². The van der Waals surface area contributed by atoms with Crippen LogP contribution in [0.15, 0.2) is 6.20 Å². The molecule has 0 aliphatic heterocycles. The van der Waals surface area contributed by atoms with Crippen molar-refractivity contribution in [2.75, 3.05) is 5.88 Å². The van der Waals surface area contributed by atoms with Gasteiger partial charge in [-0.3, -0.25) is 9.48 Å². The van der Waals surface area contributed by atoms with Gasteiger partial charge in [0.1, 0.15) is 0 Å². The average molecular weight is 216 g/mol. The van der Waals surface area contributed by atoms with Crippen LogP contribution in [-0.2, 0) is 7.05 Å². The van der Waals surface area contributed by atoms with Crippen LogP contribution in [-0.4, -0.2) is 27.6 Å². The van der Waals surface area contributed by atoms with E-state index < -0.39 is 0 Å². The van der Waals surface area contributed by atoms with Crippen molar-refractivity contribution in [1.29, 1.82) is 0 Å². The first kappa shape index (κ1) is 11.0. The van der Waals surface area contributed by atoms with Crippen LogP contribution < -0.4 is 5.32 Å². The number of alkyl halides is 1. The van der Waals surface area contributed by atoms with Gasteiger partial charge in [0, 0.05) is 25.2 Å². The molecule has 0 aromatic carbocycles. The minimum atomic E-state index is -0.122. The number of nitrogens with one attached hydrogen (secondary N) is 1. The summed E-state index contributed by atoms with van der Waals surface area (Å²) in [7, 11) is 1.79. The molecule has 4 nitrogen and oxygen atoms in total. The van der Waals surface area contributed by atoms with Gasteiger partial charge in [0.2, 0.25) is 0 Å². The van der Waals surface area contributed by atoms with E-state index >= 15 is 0 Å². The van der Waals surface area contributed by atoms with Crippen molar-refractivity contribution in [1.82, 2.24) is 15.1 Å². The van der Waals surface area contributed by atoms with E-state index in [1.54, 1.807) is 24.9 Å². The Labute approximate surface area is 88.2 Å². The molecule has 1 heterocycles. The maximum absolute atomic E-state index is 11.6. The lowest BCUT2D eigenvalue weighted by Gasteiger charge is -2.09. The Bertz CT molecular complexity index is 335. The van der Waals surface area contributed by atoms with E-state index in [-0.39, 0.29) is 11.9 Å². The predicted octanol–water partition coefficient (Wildman–Crippen LogP) is 1.09. The maximum Gasteiger partial charge on any atom is 0.254 e. The summed E-state index contributed by atoms with van der Waals surface area (Å²) >= 11 is 5.59. The summed E-state index contributed by atoms with van der Waals surface area (Å²) in [6.45, 7) is 3.66. The zero-order valence-corrected chi connectivity index (χ0v) is 9.30. The number of hydrogen-bond acceptors (Lipinski definition) is 2. The van der Waals surface area contributed by atoms with Crippen LogP contribution >= 0.6 is 11.6 Å². The molecule has 0 aliphatic rings. The predicted molar refractivity (Wildman–Crippen MR) is 55.6 cm³/mol. The number of aryl methyl sites for hydroxylation is 2. The molecule has 1 N–H and O–H groups in total. The van der Waals surface area contributed by atoms with E-state index in [4.69, 9.17) is 11.6 Å². The minimum Gasteiger partial charge on any atom is -0.348 e. The molecule has 0 spiro atoms. The molecule has 1 aromatic rings. The Kier molecular flexibility index (Phi) is 3.52. The van der Waals surface area contributed by atoms with Gasteiger partial charge in [0.15, 0.2) is 0 Å². The molecule has 1 aromatic heterocycles. The molecule has 0 saturated carbocycles. The highest BCUT2D eigenvalue weighted by atomic mass is 35.5. The summed E-state index contributed by atoms with van der Waals surface area (Å²) < 4.78 is 1.62. The second-order valence-corrected chi connectivity index (χ2v) is 3.64. The Morgan fingerprint density at radius 2 is 2.43 bits per heavy atom. The lowest BCUT2D eigenvalue weighted by atomic mass is 10.2. The fourth-order valence-electron chi connectivity index (χ4n) is 1.16. The zero-order valence-electron chi connectivity index (χ0n) is 8.54. The van der Waals surface area contributed by atoms with Crippen LogP contribution in [0.2, 0.25) is 0 Å². The third-order valence-corrected chi connectivity index (χ3v) is 2.33. The molecule has 0 saturated heterocycles. The normalized spacial score (nSPS) is 12.6. The molecule has 1 unspecified atom stereocenters. The number of carbonyl (C=O) groups is 1. The summed E-state index contributed by atoms with van der Waals surface area (Å²) in [5, 5.41) is 6.86. The van der Waals surface area contributed by atoms with E-state index in [0.29, 0.717) is 11.4 Å². The minimum absolute atomic E-state index is 0.0243. The fraction of sp³-hybridized carbons (Fsp3) is 0.556. The quantitative estimate of drug-likeness (QED) is 0.768. The number of hydrogen-bond donors (Lipinski definition) is 1. The molecule has 1 atom stereocenters. The first-order valence-electron chi connectivity index (χ1n) is 4.41. The summed E-state index contributed by atoms with van der Waals surface area (Å²) in [5.74, 6) is 0.286. The SMILES string of the molecule is Cc1nn(C)cc1C(=O)NC(C)CCl. The molecular formula is C9H14ClN3O. The standard InChI is InChI=1S/C9H14ClN3O/c1-6(4-10)11-9(14)8-5-13(3)12-7(8)2/h5-6H,4H2,1-3H3,(H,11,14). The number of nitrogens with zero attached hydrogens (tertiary/aromatic N) is 2. The van der Waals surface area contributed by atoms with Crippen molar-refractivity contribution in [3.05, 3.63) is 17.5 Å². The van der Waals surface area contributed by atoms with E-state index in [1.807, 2.05) is 6.92 Å². The first-order chi connectivity index (χ1) is 6.54. The van der Waals surface area contributed by atoms with Crippen LogP contribution in [0.3, 0.4) is 0 Å². The molecule has 1 rings (SSSR count). The number of aromatic nitrogens is 2. The smallest absolute Gasteiger partial charge is 0.254 e. The number of halogens is 1. The lowest BCUT2D eigenvalue weighted by molar-refractivity contribution is 0.0943. The van der Waals surface area contributed by atoms with Gasteiger partial charge >= 0.3 is 0 Å². The van der Waals surface area contributed by atoms with Crippen molar-refractivity contribution in [3.63, 3.8) is 0 Å². The molecule has 0 fully saturated rings. The van der Waals surface area contributed by atoms with Crippen molar-refractivity contribution in [3.8, 4) is 0 Å². The summed E-state index contributed by atoms with van der Waals surface area (Å²) in [5.41, 5.74) is 1.33. The van der Waals surface area contributed by atoms with Crippen molar-refractivity contribution in [2.24, 2.45) is 7.05 Å². The van der Waals surface area contributed by atoms with E-state index in [9.17, 15) is 4.79 Å². The third-order valence-electron chi connectivity index (χ3n) is 1.87. The van der Waals surface area contributed by atoms with E-state index in [0.717, 1.165) is 5.69 Å². The second kappa shape index (κ2) is 4.46. The molecule has 14 heavy (non-hydrogen) atoms. The van der Waals surface area contributed by atoms with Gasteiger partial charge in [-0.1, -0.05) is 0 Å². The molecule has 0 bridgehead atoms. The van der Waals surface area contributed by atoms with Crippen molar-refractivity contribution in [2.45, 2.75) is 19.9 Å². The Balaban J connectivity index is 2.74. The van der Waals surface area contributed by atoms with Gasteiger partial charge in [0.05, 0.1) is 11.3 Å². The third kappa shape index (κ3) is 2.48. The zero-order chi connectivity index (χ0) is 10.7. The number of rotatable bonds is 3. The molecule has 1 amide bonds. The lowest BCUT2D eigenvalue weighted by Crippen LogP contribution is -2.33. The number of carbonyl (C=O) groups excluding carboxylic acids is 1. The fourth-order valence-corrected chi connectivity index (χ4v) is 1.24. The Morgan fingerprint density at radius 1 is 1.79 bits per heavy atom. The second-order valence-electron chi connectivity index (χ2n) is 3.33. The maximum atomic E-state index is 11.6. The monoisotopic (exact) mass is 215 g/mol. The van der Waals surface area contributed by atoms with Gasteiger partial charge in [-0.05, 0) is 13.8 Å². The summed E-state index contributed by atoms with van der Waals surface area (Å²) in [6.07, 6.45) is 1.70. The molecule has 78 valence electrons. The van der Waals surface area contributed by atoms with Gasteiger partial charge in [-0.15, -0.1) is 11.6 Å². The van der Waals surface area contributed by atoms with E-state index in [1.165, 1.54) is 0 Å². The van der Waals surface area contributed by atoms with Crippen LogP contribution in [0.1, 0.15) is 23.0 Å². The largest absolute Gasteiger partial charge is 0.348 e.